The molecule has 0 radical (unpaired) electrons. The summed E-state index contributed by atoms with van der Waals surface area (Å²) in [5.41, 5.74) is 0. The average Bonchev–Trinajstić information content (AvgIpc) is 2.75. The molecule has 8 nitrogen and oxygen atoms in total. The Hall–Kier alpha value is -0.500. The minimum atomic E-state index is -4.22. The van der Waals surface area contributed by atoms with E-state index in [0.29, 0.717) is 24.1 Å². The van der Waals surface area contributed by atoms with Gasteiger partial charge in [-0.2, -0.15) is 0 Å². The van der Waals surface area contributed by atoms with E-state index < -0.39 is 13.9 Å². The molecule has 0 aliphatic heterocycles. The Kier molecular flexibility index (Phi) is 20.4. The van der Waals surface area contributed by atoms with Crippen molar-refractivity contribution in [3.05, 3.63) is 0 Å². The van der Waals surface area contributed by atoms with Gasteiger partial charge in [-0.25, -0.2) is 4.57 Å². The Morgan fingerprint density at radius 3 is 1.91 bits per heavy atom. The van der Waals surface area contributed by atoms with Crippen molar-refractivity contribution in [2.24, 2.45) is 0 Å². The highest BCUT2D eigenvalue weighted by Crippen LogP contribution is 2.43. The number of likely N-dealkylation sites (N-methyl/N-ethyl adjacent to an activating group) is 1. The summed E-state index contributed by atoms with van der Waals surface area (Å²) in [6.45, 7) is 5.35. The minimum Gasteiger partial charge on any atom is -0.457 e. The van der Waals surface area contributed by atoms with Gasteiger partial charge in [-0.1, -0.05) is 78.1 Å². The van der Waals surface area contributed by atoms with Gasteiger partial charge in [-0.3, -0.25) is 13.8 Å². The molecule has 0 spiro atoms. The topological polar surface area (TPSA) is 91.3 Å². The summed E-state index contributed by atoms with van der Waals surface area (Å²) in [4.78, 5) is 22.0. The first-order chi connectivity index (χ1) is 16.1. The zero-order chi connectivity index (χ0) is 25.7. The molecule has 0 heterocycles. The molecule has 0 aromatic heterocycles. The van der Waals surface area contributed by atoms with Gasteiger partial charge < -0.3 is 18.9 Å². The quantitative estimate of drug-likeness (QED) is 0.0752. The molecular formula is C25H53NO7P+. The highest BCUT2D eigenvalue weighted by molar-refractivity contribution is 7.47. The molecule has 0 aromatic carbocycles. The highest BCUT2D eigenvalue weighted by atomic mass is 31.2. The number of esters is 1. The van der Waals surface area contributed by atoms with Crippen LogP contribution in [-0.4, -0.2) is 75.6 Å². The number of phosphoric ester groups is 1. The standard InChI is InChI=1S/C25H52NO7P/c1-6-8-10-11-12-13-14-15-16-17-20-30-22-24(33-25(27)18-9-7-2)23-32-34(28,29)31-21-19-26(3,4)5/h24H,6-23H2,1-5H3/p+1. The van der Waals surface area contributed by atoms with Crippen molar-refractivity contribution in [2.75, 3.05) is 54.1 Å². The van der Waals surface area contributed by atoms with Gasteiger partial charge in [0.1, 0.15) is 19.3 Å². The Labute approximate surface area is 208 Å². The molecule has 0 amide bonds. The third kappa shape index (κ3) is 23.3. The Balaban J connectivity index is 4.21. The van der Waals surface area contributed by atoms with Crippen LogP contribution < -0.4 is 0 Å². The Morgan fingerprint density at radius 2 is 1.35 bits per heavy atom. The van der Waals surface area contributed by atoms with E-state index in [2.05, 4.69) is 6.92 Å². The lowest BCUT2D eigenvalue weighted by Gasteiger charge is -2.24. The molecule has 2 unspecified atom stereocenters. The number of carbonyl (C=O) groups excluding carboxylic acids is 1. The van der Waals surface area contributed by atoms with Crippen molar-refractivity contribution in [1.29, 1.82) is 0 Å². The average molecular weight is 511 g/mol. The van der Waals surface area contributed by atoms with Crippen LogP contribution in [0.15, 0.2) is 0 Å². The third-order valence-corrected chi connectivity index (χ3v) is 6.40. The molecule has 0 aromatic rings. The molecule has 9 heteroatoms. The fourth-order valence-corrected chi connectivity index (χ4v) is 3.97. The summed E-state index contributed by atoms with van der Waals surface area (Å²) in [5, 5.41) is 0. The molecule has 0 aliphatic carbocycles. The number of unbranched alkanes of at least 4 members (excludes halogenated alkanes) is 10. The molecule has 0 aliphatic rings. The van der Waals surface area contributed by atoms with Crippen molar-refractivity contribution < 1.29 is 37.3 Å². The van der Waals surface area contributed by atoms with E-state index in [1.807, 2.05) is 28.1 Å². The predicted octanol–water partition coefficient (Wildman–Crippen LogP) is 5.87. The molecule has 34 heavy (non-hydrogen) atoms. The number of quaternary nitrogens is 1. The zero-order valence-electron chi connectivity index (χ0n) is 22.6. The second-order valence-corrected chi connectivity index (χ2v) is 11.5. The van der Waals surface area contributed by atoms with Gasteiger partial charge >= 0.3 is 13.8 Å². The van der Waals surface area contributed by atoms with E-state index in [-0.39, 0.29) is 25.8 Å². The predicted molar refractivity (Wildman–Crippen MR) is 137 cm³/mol. The molecule has 1 N–H and O–H groups in total. The fraction of sp³-hybridized carbons (Fsp3) is 0.960. The summed E-state index contributed by atoms with van der Waals surface area (Å²) in [5.74, 6) is -0.350. The lowest BCUT2D eigenvalue weighted by atomic mass is 10.1. The van der Waals surface area contributed by atoms with Crippen molar-refractivity contribution >= 4 is 13.8 Å². The van der Waals surface area contributed by atoms with Crippen LogP contribution in [0, 0.1) is 0 Å². The van der Waals surface area contributed by atoms with Crippen LogP contribution in [-0.2, 0) is 27.9 Å². The Bertz CT molecular complexity index is 540. The van der Waals surface area contributed by atoms with Gasteiger partial charge in [-0.15, -0.1) is 0 Å². The van der Waals surface area contributed by atoms with Crippen LogP contribution in [0.1, 0.15) is 97.3 Å². The normalized spacial score (nSPS) is 14.6. The van der Waals surface area contributed by atoms with Gasteiger partial charge in [0.25, 0.3) is 0 Å². The van der Waals surface area contributed by atoms with Crippen LogP contribution in [0.2, 0.25) is 0 Å². The van der Waals surface area contributed by atoms with Gasteiger partial charge in [0.2, 0.25) is 0 Å². The molecule has 204 valence electrons. The first-order valence-electron chi connectivity index (χ1n) is 13.3. The van der Waals surface area contributed by atoms with E-state index in [1.54, 1.807) is 0 Å². The van der Waals surface area contributed by atoms with Crippen LogP contribution in [0.4, 0.5) is 0 Å². The van der Waals surface area contributed by atoms with E-state index in [1.165, 1.54) is 51.4 Å². The maximum Gasteiger partial charge on any atom is 0.472 e. The summed E-state index contributed by atoms with van der Waals surface area (Å²) >= 11 is 0. The molecular weight excluding hydrogens is 457 g/mol. The van der Waals surface area contributed by atoms with Crippen molar-refractivity contribution in [2.45, 2.75) is 103 Å². The van der Waals surface area contributed by atoms with Gasteiger partial charge in [0, 0.05) is 13.0 Å². The molecule has 0 rings (SSSR count). The lowest BCUT2D eigenvalue weighted by molar-refractivity contribution is -0.870. The number of ether oxygens (including phenoxy) is 2. The molecule has 2 atom stereocenters. The SMILES string of the molecule is CCCCCCCCCCCCOCC(COP(=O)(O)OCC[N+](C)(C)C)OC(=O)CCCC. The van der Waals surface area contributed by atoms with E-state index in [4.69, 9.17) is 18.5 Å². The lowest BCUT2D eigenvalue weighted by Crippen LogP contribution is -2.37. The largest absolute Gasteiger partial charge is 0.472 e. The Morgan fingerprint density at radius 1 is 0.794 bits per heavy atom. The second kappa shape index (κ2) is 20.7. The zero-order valence-corrected chi connectivity index (χ0v) is 23.5. The number of nitrogens with zero attached hydrogens (tertiary/aromatic N) is 1. The van der Waals surface area contributed by atoms with Crippen LogP contribution >= 0.6 is 7.82 Å². The van der Waals surface area contributed by atoms with E-state index in [0.717, 1.165) is 25.7 Å². The van der Waals surface area contributed by atoms with Crippen LogP contribution in [0.3, 0.4) is 0 Å². The van der Waals surface area contributed by atoms with Gasteiger partial charge in [0.15, 0.2) is 0 Å². The molecule has 0 saturated carbocycles. The second-order valence-electron chi connectivity index (χ2n) is 10.1. The number of carbonyl (C=O) groups is 1. The maximum atomic E-state index is 12.2. The summed E-state index contributed by atoms with van der Waals surface area (Å²) < 4.78 is 34.0. The van der Waals surface area contributed by atoms with Crippen molar-refractivity contribution in [3.8, 4) is 0 Å². The van der Waals surface area contributed by atoms with E-state index in [9.17, 15) is 14.3 Å². The number of phosphoric acid groups is 1. The molecule has 0 fully saturated rings. The summed E-state index contributed by atoms with van der Waals surface area (Å²) in [6, 6.07) is 0. The minimum absolute atomic E-state index is 0.0907. The van der Waals surface area contributed by atoms with Crippen molar-refractivity contribution in [1.82, 2.24) is 0 Å². The third-order valence-electron chi connectivity index (χ3n) is 5.42. The van der Waals surface area contributed by atoms with E-state index >= 15 is 0 Å². The molecule has 0 bridgehead atoms. The van der Waals surface area contributed by atoms with Crippen molar-refractivity contribution in [3.63, 3.8) is 0 Å². The first kappa shape index (κ1) is 33.5. The van der Waals surface area contributed by atoms with Gasteiger partial charge in [0.05, 0.1) is 34.4 Å². The number of hydrogen-bond acceptors (Lipinski definition) is 6. The first-order valence-corrected chi connectivity index (χ1v) is 14.8. The highest BCUT2D eigenvalue weighted by Gasteiger charge is 2.26. The molecule has 0 saturated heterocycles. The van der Waals surface area contributed by atoms with Gasteiger partial charge in [-0.05, 0) is 12.8 Å². The fourth-order valence-electron chi connectivity index (χ4n) is 3.23. The van der Waals surface area contributed by atoms with Crippen LogP contribution in [0.25, 0.3) is 0 Å². The summed E-state index contributed by atoms with van der Waals surface area (Å²) in [7, 11) is 1.66. The smallest absolute Gasteiger partial charge is 0.457 e. The number of rotatable bonds is 24. The maximum absolute atomic E-state index is 12.2. The number of hydrogen-bond donors (Lipinski definition) is 1. The summed E-state index contributed by atoms with van der Waals surface area (Å²) in [6.07, 6.45) is 13.7. The monoisotopic (exact) mass is 510 g/mol. The van der Waals surface area contributed by atoms with Crippen LogP contribution in [0.5, 0.6) is 0 Å².